The smallest absolute Gasteiger partial charge is 0.0409 e. The fourth-order valence-electron chi connectivity index (χ4n) is 3.21. The average Bonchev–Trinajstić information content (AvgIpc) is 2.61. The Balaban J connectivity index is 2.13. The topological polar surface area (TPSA) is 26.0 Å². The van der Waals surface area contributed by atoms with Crippen LogP contribution in [0.4, 0.5) is 0 Å². The van der Waals surface area contributed by atoms with Gasteiger partial charge in [-0.2, -0.15) is 0 Å². The van der Waals surface area contributed by atoms with Crippen LogP contribution in [0.3, 0.4) is 0 Å². The SMILES string of the molecule is CCc1ccc(C2(N)CCCC(CC)CC2)cc1. The van der Waals surface area contributed by atoms with E-state index in [1.807, 2.05) is 0 Å². The van der Waals surface area contributed by atoms with Crippen molar-refractivity contribution in [1.82, 2.24) is 0 Å². The van der Waals surface area contributed by atoms with Crippen molar-refractivity contribution in [2.24, 2.45) is 11.7 Å². The number of benzene rings is 1. The quantitative estimate of drug-likeness (QED) is 0.785. The van der Waals surface area contributed by atoms with Crippen LogP contribution in [0.2, 0.25) is 0 Å². The average molecular weight is 245 g/mol. The van der Waals surface area contributed by atoms with Crippen molar-refractivity contribution in [3.63, 3.8) is 0 Å². The van der Waals surface area contributed by atoms with Crippen molar-refractivity contribution in [3.8, 4) is 0 Å². The van der Waals surface area contributed by atoms with Gasteiger partial charge in [0.25, 0.3) is 0 Å². The molecule has 0 radical (unpaired) electrons. The normalized spacial score (nSPS) is 28.9. The number of hydrogen-bond donors (Lipinski definition) is 1. The van der Waals surface area contributed by atoms with Gasteiger partial charge in [0.05, 0.1) is 0 Å². The molecule has 1 aliphatic rings. The first kappa shape index (κ1) is 13.6. The van der Waals surface area contributed by atoms with E-state index < -0.39 is 0 Å². The number of nitrogens with two attached hydrogens (primary N) is 1. The van der Waals surface area contributed by atoms with Crippen LogP contribution in [0.5, 0.6) is 0 Å². The monoisotopic (exact) mass is 245 g/mol. The third kappa shape index (κ3) is 2.95. The van der Waals surface area contributed by atoms with Crippen LogP contribution in [0, 0.1) is 5.92 Å². The Morgan fingerprint density at radius 2 is 1.83 bits per heavy atom. The molecule has 0 aromatic heterocycles. The zero-order chi connectivity index (χ0) is 13.0. The van der Waals surface area contributed by atoms with E-state index in [0.29, 0.717) is 0 Å². The van der Waals surface area contributed by atoms with Gasteiger partial charge in [-0.05, 0) is 42.7 Å². The summed E-state index contributed by atoms with van der Waals surface area (Å²) in [4.78, 5) is 0. The van der Waals surface area contributed by atoms with E-state index in [0.717, 1.165) is 25.2 Å². The van der Waals surface area contributed by atoms with Crippen molar-refractivity contribution >= 4 is 0 Å². The van der Waals surface area contributed by atoms with Crippen LogP contribution >= 0.6 is 0 Å². The maximum absolute atomic E-state index is 6.69. The third-order valence-corrected chi connectivity index (χ3v) is 4.75. The van der Waals surface area contributed by atoms with Gasteiger partial charge in [-0.25, -0.2) is 0 Å². The lowest BCUT2D eigenvalue weighted by Gasteiger charge is -2.29. The molecule has 2 N–H and O–H groups in total. The van der Waals surface area contributed by atoms with E-state index in [4.69, 9.17) is 5.73 Å². The van der Waals surface area contributed by atoms with E-state index in [1.54, 1.807) is 0 Å². The summed E-state index contributed by atoms with van der Waals surface area (Å²) < 4.78 is 0. The summed E-state index contributed by atoms with van der Waals surface area (Å²) in [5, 5.41) is 0. The zero-order valence-corrected chi connectivity index (χ0v) is 11.9. The van der Waals surface area contributed by atoms with Crippen molar-refractivity contribution in [1.29, 1.82) is 0 Å². The van der Waals surface area contributed by atoms with Crippen LogP contribution in [-0.2, 0) is 12.0 Å². The molecule has 0 bridgehead atoms. The molecule has 18 heavy (non-hydrogen) atoms. The van der Waals surface area contributed by atoms with Crippen molar-refractivity contribution in [2.45, 2.75) is 64.3 Å². The zero-order valence-electron chi connectivity index (χ0n) is 11.9. The van der Waals surface area contributed by atoms with Gasteiger partial charge in [-0.3, -0.25) is 0 Å². The second kappa shape index (κ2) is 5.88. The molecule has 0 aliphatic heterocycles. The summed E-state index contributed by atoms with van der Waals surface area (Å²) in [6.07, 6.45) is 8.65. The second-order valence-corrected chi connectivity index (χ2v) is 5.91. The minimum atomic E-state index is -0.0732. The summed E-state index contributed by atoms with van der Waals surface area (Å²) >= 11 is 0. The van der Waals surface area contributed by atoms with Crippen molar-refractivity contribution in [3.05, 3.63) is 35.4 Å². The van der Waals surface area contributed by atoms with Gasteiger partial charge in [0, 0.05) is 5.54 Å². The molecule has 1 aromatic rings. The largest absolute Gasteiger partial charge is 0.321 e. The van der Waals surface area contributed by atoms with Gasteiger partial charge in [0.2, 0.25) is 0 Å². The Morgan fingerprint density at radius 1 is 1.11 bits per heavy atom. The highest BCUT2D eigenvalue weighted by molar-refractivity contribution is 5.28. The Morgan fingerprint density at radius 3 is 2.44 bits per heavy atom. The molecule has 1 nitrogen and oxygen atoms in total. The number of aryl methyl sites for hydroxylation is 1. The highest BCUT2D eigenvalue weighted by Gasteiger charge is 2.30. The molecule has 1 fully saturated rings. The van der Waals surface area contributed by atoms with Gasteiger partial charge in [-0.1, -0.05) is 57.4 Å². The first-order valence-corrected chi connectivity index (χ1v) is 7.56. The summed E-state index contributed by atoms with van der Waals surface area (Å²) in [7, 11) is 0. The summed E-state index contributed by atoms with van der Waals surface area (Å²) in [5.74, 6) is 0.894. The number of hydrogen-bond acceptors (Lipinski definition) is 1. The first-order valence-electron chi connectivity index (χ1n) is 7.56. The van der Waals surface area contributed by atoms with Gasteiger partial charge >= 0.3 is 0 Å². The highest BCUT2D eigenvalue weighted by Crippen LogP contribution is 2.36. The maximum Gasteiger partial charge on any atom is 0.0409 e. The molecule has 1 aliphatic carbocycles. The maximum atomic E-state index is 6.69. The molecule has 1 saturated carbocycles. The van der Waals surface area contributed by atoms with E-state index in [-0.39, 0.29) is 5.54 Å². The number of rotatable bonds is 3. The van der Waals surface area contributed by atoms with Crippen LogP contribution in [0.1, 0.15) is 63.5 Å². The summed E-state index contributed by atoms with van der Waals surface area (Å²) in [6.45, 7) is 4.51. The summed E-state index contributed by atoms with van der Waals surface area (Å²) in [5.41, 5.74) is 9.36. The van der Waals surface area contributed by atoms with Gasteiger partial charge in [-0.15, -0.1) is 0 Å². The van der Waals surface area contributed by atoms with Gasteiger partial charge in [0.15, 0.2) is 0 Å². The minimum absolute atomic E-state index is 0.0732. The molecular formula is C17H27N. The Hall–Kier alpha value is -0.820. The van der Waals surface area contributed by atoms with Gasteiger partial charge < -0.3 is 5.73 Å². The molecule has 1 heteroatoms. The van der Waals surface area contributed by atoms with Crippen LogP contribution in [0.15, 0.2) is 24.3 Å². The molecule has 0 heterocycles. The van der Waals surface area contributed by atoms with E-state index >= 15 is 0 Å². The predicted molar refractivity (Wildman–Crippen MR) is 78.6 cm³/mol. The molecular weight excluding hydrogens is 218 g/mol. The molecule has 0 spiro atoms. The third-order valence-electron chi connectivity index (χ3n) is 4.75. The highest BCUT2D eigenvalue weighted by atomic mass is 14.7. The lowest BCUT2D eigenvalue weighted by atomic mass is 9.83. The molecule has 2 unspecified atom stereocenters. The van der Waals surface area contributed by atoms with Crippen LogP contribution in [0.25, 0.3) is 0 Å². The Labute approximate surface area is 112 Å². The van der Waals surface area contributed by atoms with Crippen molar-refractivity contribution in [2.75, 3.05) is 0 Å². The molecule has 0 amide bonds. The molecule has 2 atom stereocenters. The summed E-state index contributed by atoms with van der Waals surface area (Å²) in [6, 6.07) is 8.99. The van der Waals surface area contributed by atoms with Crippen LogP contribution in [-0.4, -0.2) is 0 Å². The molecule has 0 saturated heterocycles. The van der Waals surface area contributed by atoms with E-state index in [2.05, 4.69) is 38.1 Å². The molecule has 100 valence electrons. The second-order valence-electron chi connectivity index (χ2n) is 5.91. The first-order chi connectivity index (χ1) is 8.68. The lowest BCUT2D eigenvalue weighted by molar-refractivity contribution is 0.371. The Bertz CT molecular complexity index is 368. The standard InChI is InChI=1S/C17H27N/c1-3-14-6-5-12-17(18,13-11-14)16-9-7-15(4-2)8-10-16/h7-10,14H,3-6,11-13,18H2,1-2H3. The fraction of sp³-hybridized carbons (Fsp3) is 0.647. The van der Waals surface area contributed by atoms with E-state index in [9.17, 15) is 0 Å². The van der Waals surface area contributed by atoms with Crippen LogP contribution < -0.4 is 5.73 Å². The van der Waals surface area contributed by atoms with Crippen molar-refractivity contribution < 1.29 is 0 Å². The minimum Gasteiger partial charge on any atom is -0.321 e. The Kier molecular flexibility index (Phi) is 4.45. The predicted octanol–water partition coefficient (Wildman–Crippen LogP) is 4.39. The lowest BCUT2D eigenvalue weighted by Crippen LogP contribution is -2.36. The molecule has 1 aromatic carbocycles. The van der Waals surface area contributed by atoms with Gasteiger partial charge in [0.1, 0.15) is 0 Å². The van der Waals surface area contributed by atoms with E-state index in [1.165, 1.54) is 36.8 Å². The molecule has 2 rings (SSSR count). The fourth-order valence-corrected chi connectivity index (χ4v) is 3.21.